The van der Waals surface area contributed by atoms with E-state index in [0.29, 0.717) is 0 Å². The van der Waals surface area contributed by atoms with Crippen LogP contribution in [-0.4, -0.2) is 8.41 Å². The molecule has 0 nitrogen and oxygen atoms in total. The second-order valence-corrected chi connectivity index (χ2v) is 0.667. The first-order chi connectivity index (χ1) is 4.91. The van der Waals surface area contributed by atoms with E-state index in [2.05, 4.69) is 0 Å². The third-order valence-electron chi connectivity index (χ3n) is 0.333. The van der Waals surface area contributed by atoms with E-state index in [0.717, 1.165) is 0 Å². The Labute approximate surface area is 115 Å². The molecule has 0 bridgehead atoms. The summed E-state index contributed by atoms with van der Waals surface area (Å²) in [7, 11) is 0. The molecular weight excluding hydrogens is 232 g/mol. The van der Waals surface area contributed by atoms with Gasteiger partial charge in [0, 0.05) is 41.1 Å². The van der Waals surface area contributed by atoms with E-state index in [1.54, 1.807) is 0 Å². The summed E-state index contributed by atoms with van der Waals surface area (Å²) in [6, 6.07) is 0. The molecule has 0 aromatic rings. The van der Waals surface area contributed by atoms with E-state index in [1.165, 1.54) is 0 Å². The standard InChI is InChI=1S/C4H8.3C2H6.CH3.B.Y/c1-3-4-2;3*1-2;;;/h3-4H,1-2H3;3*1-2H3;1H3;;/q;;;;-1;;/b4-3-;;;;;;. The zero-order valence-electron chi connectivity index (χ0n) is 11.3. The molecule has 0 saturated heterocycles. The van der Waals surface area contributed by atoms with Gasteiger partial charge in [0.2, 0.25) is 0 Å². The Morgan fingerprint density at radius 1 is 0.615 bits per heavy atom. The van der Waals surface area contributed by atoms with Gasteiger partial charge in [0.05, 0.1) is 0 Å². The topological polar surface area (TPSA) is 0 Å². The first-order valence-corrected chi connectivity index (χ1v) is 4.49. The van der Waals surface area contributed by atoms with Crippen molar-refractivity contribution in [2.45, 2.75) is 55.4 Å². The van der Waals surface area contributed by atoms with Crippen molar-refractivity contribution in [3.63, 3.8) is 0 Å². The Kier molecular flexibility index (Phi) is 808. The third kappa shape index (κ3) is 422. The zero-order chi connectivity index (χ0) is 9.41. The Balaban J connectivity index is -0.00000000727. The molecule has 4 radical (unpaired) electrons. The molecule has 0 heterocycles. The molecular formula is C11H29BY-. The predicted octanol–water partition coefficient (Wildman–Crippen LogP) is 4.73. The molecule has 0 aromatic carbocycles. The van der Waals surface area contributed by atoms with Gasteiger partial charge in [-0.25, -0.2) is 0 Å². The molecule has 0 atom stereocenters. The van der Waals surface area contributed by atoms with E-state index < -0.39 is 0 Å². The minimum atomic E-state index is 0. The quantitative estimate of drug-likeness (QED) is 0.336. The van der Waals surface area contributed by atoms with E-state index in [4.69, 9.17) is 0 Å². The molecule has 0 fully saturated rings. The predicted molar refractivity (Wildman–Crippen MR) is 66.7 cm³/mol. The molecule has 0 aliphatic heterocycles. The van der Waals surface area contributed by atoms with Crippen molar-refractivity contribution in [3.8, 4) is 0 Å². The van der Waals surface area contributed by atoms with E-state index in [9.17, 15) is 0 Å². The van der Waals surface area contributed by atoms with Gasteiger partial charge in [-0.1, -0.05) is 53.7 Å². The van der Waals surface area contributed by atoms with Gasteiger partial charge in [-0.3, -0.25) is 0 Å². The summed E-state index contributed by atoms with van der Waals surface area (Å²) < 4.78 is 0. The second-order valence-electron chi connectivity index (χ2n) is 0.667. The molecule has 0 unspecified atom stereocenters. The van der Waals surface area contributed by atoms with Gasteiger partial charge in [-0.2, -0.15) is 0 Å². The maximum atomic E-state index is 2.00. The van der Waals surface area contributed by atoms with Crippen molar-refractivity contribution in [2.24, 2.45) is 0 Å². The second kappa shape index (κ2) is 216. The summed E-state index contributed by atoms with van der Waals surface area (Å²) in [4.78, 5) is 0. The van der Waals surface area contributed by atoms with Crippen molar-refractivity contribution in [1.82, 2.24) is 0 Å². The summed E-state index contributed by atoms with van der Waals surface area (Å²) in [5.74, 6) is 0. The average molecular weight is 261 g/mol. The fourth-order valence-electron chi connectivity index (χ4n) is 0. The Morgan fingerprint density at radius 3 is 0.692 bits per heavy atom. The first-order valence-electron chi connectivity index (χ1n) is 4.49. The van der Waals surface area contributed by atoms with Gasteiger partial charge >= 0.3 is 0 Å². The largest absolute Gasteiger partial charge is 0.358 e. The van der Waals surface area contributed by atoms with Crippen LogP contribution >= 0.6 is 0 Å². The molecule has 0 aliphatic carbocycles. The van der Waals surface area contributed by atoms with Crippen LogP contribution in [0.2, 0.25) is 0 Å². The van der Waals surface area contributed by atoms with Crippen LogP contribution in [0.4, 0.5) is 0 Å². The molecule has 0 saturated carbocycles. The smallest absolute Gasteiger partial charge is 0 e. The van der Waals surface area contributed by atoms with Crippen LogP contribution in [0.5, 0.6) is 0 Å². The van der Waals surface area contributed by atoms with Crippen molar-refractivity contribution in [1.29, 1.82) is 0 Å². The Morgan fingerprint density at radius 2 is 0.692 bits per heavy atom. The molecule has 0 rings (SSSR count). The maximum absolute atomic E-state index is 2.00. The number of hydrogen-bond acceptors (Lipinski definition) is 0. The van der Waals surface area contributed by atoms with Crippen molar-refractivity contribution in [3.05, 3.63) is 19.6 Å². The SMILES string of the molecule is C/C=C\C.CC.CC.CC.[B].[CH3-].[Y]. The van der Waals surface area contributed by atoms with Crippen molar-refractivity contribution >= 4 is 8.41 Å². The minimum absolute atomic E-state index is 0. The zero-order valence-corrected chi connectivity index (χ0v) is 14.1. The van der Waals surface area contributed by atoms with Gasteiger partial charge in [0.1, 0.15) is 0 Å². The van der Waals surface area contributed by atoms with Crippen LogP contribution < -0.4 is 0 Å². The average Bonchev–Trinajstić information content (AvgIpc) is 2.14. The molecule has 13 heavy (non-hydrogen) atoms. The molecule has 0 aromatic heterocycles. The summed E-state index contributed by atoms with van der Waals surface area (Å²) in [6.45, 7) is 16.0. The molecule has 0 N–H and O–H groups in total. The van der Waals surface area contributed by atoms with E-state index in [1.807, 2.05) is 67.5 Å². The number of hydrogen-bond donors (Lipinski definition) is 0. The fourth-order valence-corrected chi connectivity index (χ4v) is 0. The van der Waals surface area contributed by atoms with Crippen LogP contribution in [0.1, 0.15) is 55.4 Å². The van der Waals surface area contributed by atoms with Gasteiger partial charge in [-0.05, 0) is 13.8 Å². The summed E-state index contributed by atoms with van der Waals surface area (Å²) in [5, 5.41) is 0. The van der Waals surface area contributed by atoms with Gasteiger partial charge in [0.15, 0.2) is 0 Å². The summed E-state index contributed by atoms with van der Waals surface area (Å²) in [5.41, 5.74) is 0. The minimum Gasteiger partial charge on any atom is -0.358 e. The van der Waals surface area contributed by atoms with E-state index >= 15 is 0 Å². The van der Waals surface area contributed by atoms with Gasteiger partial charge in [-0.15, -0.1) is 0 Å². The summed E-state index contributed by atoms with van der Waals surface area (Å²) >= 11 is 0. The Bertz CT molecular complexity index is 25.3. The molecule has 2 heteroatoms. The molecule has 0 spiro atoms. The van der Waals surface area contributed by atoms with Crippen LogP contribution in [0.15, 0.2) is 12.2 Å². The van der Waals surface area contributed by atoms with Crippen LogP contribution in [-0.2, 0) is 32.7 Å². The fraction of sp³-hybridized carbons (Fsp3) is 0.727. The maximum Gasteiger partial charge on any atom is 0 e. The van der Waals surface area contributed by atoms with Crippen molar-refractivity contribution in [2.75, 3.05) is 0 Å². The normalized spacial score (nSPS) is 4.31. The van der Waals surface area contributed by atoms with Gasteiger partial charge in [0.25, 0.3) is 0 Å². The van der Waals surface area contributed by atoms with Crippen LogP contribution in [0.25, 0.3) is 0 Å². The van der Waals surface area contributed by atoms with Crippen LogP contribution in [0, 0.1) is 7.43 Å². The van der Waals surface area contributed by atoms with Gasteiger partial charge < -0.3 is 7.43 Å². The molecule has 0 amide bonds. The number of rotatable bonds is 0. The Hall–Kier alpha value is 0.909. The van der Waals surface area contributed by atoms with Crippen molar-refractivity contribution < 1.29 is 32.7 Å². The third-order valence-corrected chi connectivity index (χ3v) is 0.333. The molecule has 80 valence electrons. The first kappa shape index (κ1) is 48.6. The summed E-state index contributed by atoms with van der Waals surface area (Å²) in [6.07, 6.45) is 4.00. The monoisotopic (exact) mass is 261 g/mol. The number of allylic oxidation sites excluding steroid dienone is 2. The molecule has 0 aliphatic rings. The van der Waals surface area contributed by atoms with E-state index in [-0.39, 0.29) is 48.5 Å². The van der Waals surface area contributed by atoms with Crippen LogP contribution in [0.3, 0.4) is 0 Å².